The highest BCUT2D eigenvalue weighted by Crippen LogP contribution is 2.48. The highest BCUT2D eigenvalue weighted by atomic mass is 15.0. The molecule has 5 heterocycles. The van der Waals surface area contributed by atoms with E-state index < -0.39 is 0 Å². The molecule has 4 heteroatoms. The molecular formula is C45H26N4. The predicted octanol–water partition coefficient (Wildman–Crippen LogP) is 11.6. The van der Waals surface area contributed by atoms with Crippen LogP contribution in [0, 0.1) is 0 Å². The summed E-state index contributed by atoms with van der Waals surface area (Å²) >= 11 is 0. The maximum atomic E-state index is 4.97. The molecule has 0 bridgehead atoms. The number of para-hydroxylation sites is 4. The summed E-state index contributed by atoms with van der Waals surface area (Å²) in [5.74, 6) is 0. The standard InChI is InChI=1S/C45H26N4/c1-2-14-29(15-3-1)47-36-20-10-7-17-31(36)42-40(47)25-46-26-41(42)48-38-23-28-13-5-4-12-27(28)22-34(38)43-39(48)24-33-30-16-6-9-19-35(30)49-37-21-11-8-18-32(37)44(43)45(33)49/h1-26H. The minimum atomic E-state index is 1.08. The largest absolute Gasteiger partial charge is 0.308 e. The monoisotopic (exact) mass is 622 g/mol. The number of pyridine rings is 1. The predicted molar refractivity (Wildman–Crippen MR) is 205 cm³/mol. The van der Waals surface area contributed by atoms with Crippen molar-refractivity contribution in [1.29, 1.82) is 0 Å². The van der Waals surface area contributed by atoms with Crippen molar-refractivity contribution in [2.24, 2.45) is 0 Å². The normalized spacial score (nSPS) is 12.5. The van der Waals surface area contributed by atoms with Crippen molar-refractivity contribution in [2.75, 3.05) is 0 Å². The molecule has 0 unspecified atom stereocenters. The zero-order chi connectivity index (χ0) is 31.8. The molecule has 0 spiro atoms. The van der Waals surface area contributed by atoms with Crippen molar-refractivity contribution in [3.63, 3.8) is 0 Å². The fraction of sp³-hybridized carbons (Fsp3) is 0. The van der Waals surface area contributed by atoms with Gasteiger partial charge < -0.3 is 13.5 Å². The summed E-state index contributed by atoms with van der Waals surface area (Å²) in [6.07, 6.45) is 4.09. The second-order valence-corrected chi connectivity index (χ2v) is 13.2. The molecular weight excluding hydrogens is 597 g/mol. The van der Waals surface area contributed by atoms with E-state index in [0.29, 0.717) is 0 Å². The maximum Gasteiger partial charge on any atom is 0.0745 e. The van der Waals surface area contributed by atoms with Crippen LogP contribution in [0.2, 0.25) is 0 Å². The lowest BCUT2D eigenvalue weighted by atomic mass is 10.0. The molecule has 5 aromatic heterocycles. The third kappa shape index (κ3) is 3.12. The Hall–Kier alpha value is -6.65. The Balaban J connectivity index is 1.36. The van der Waals surface area contributed by atoms with Gasteiger partial charge in [-0.25, -0.2) is 0 Å². The van der Waals surface area contributed by atoms with Gasteiger partial charge in [0.1, 0.15) is 0 Å². The minimum absolute atomic E-state index is 1.08. The number of benzene rings is 7. The van der Waals surface area contributed by atoms with Gasteiger partial charge in [-0.2, -0.15) is 0 Å². The van der Waals surface area contributed by atoms with Gasteiger partial charge in [0.05, 0.1) is 56.7 Å². The number of hydrogen-bond acceptors (Lipinski definition) is 1. The molecule has 4 nitrogen and oxygen atoms in total. The Morgan fingerprint density at radius 3 is 1.80 bits per heavy atom. The summed E-state index contributed by atoms with van der Waals surface area (Å²) in [7, 11) is 0. The molecule has 0 radical (unpaired) electrons. The van der Waals surface area contributed by atoms with Gasteiger partial charge in [-0.15, -0.1) is 0 Å². The van der Waals surface area contributed by atoms with Crippen LogP contribution < -0.4 is 0 Å². The summed E-state index contributed by atoms with van der Waals surface area (Å²) in [6.45, 7) is 0. The average Bonchev–Trinajstić information content (AvgIpc) is 3.88. The molecule has 0 aliphatic carbocycles. The second-order valence-electron chi connectivity index (χ2n) is 13.2. The van der Waals surface area contributed by atoms with E-state index in [0.717, 1.165) is 16.9 Å². The van der Waals surface area contributed by atoms with E-state index in [4.69, 9.17) is 4.98 Å². The quantitative estimate of drug-likeness (QED) is 0.188. The van der Waals surface area contributed by atoms with E-state index in [9.17, 15) is 0 Å². The van der Waals surface area contributed by atoms with Crippen molar-refractivity contribution >= 4 is 92.5 Å². The van der Waals surface area contributed by atoms with Crippen molar-refractivity contribution in [3.8, 4) is 11.4 Å². The molecule has 0 atom stereocenters. The van der Waals surface area contributed by atoms with Crippen LogP contribution in [0.3, 0.4) is 0 Å². The molecule has 0 saturated heterocycles. The van der Waals surface area contributed by atoms with Gasteiger partial charge in [-0.1, -0.05) is 97.1 Å². The first-order valence-corrected chi connectivity index (χ1v) is 16.8. The first-order valence-electron chi connectivity index (χ1n) is 16.8. The van der Waals surface area contributed by atoms with E-state index in [1.54, 1.807) is 0 Å². The second kappa shape index (κ2) is 9.03. The highest BCUT2D eigenvalue weighted by molar-refractivity contribution is 6.36. The van der Waals surface area contributed by atoms with Crippen LogP contribution >= 0.6 is 0 Å². The van der Waals surface area contributed by atoms with Gasteiger partial charge >= 0.3 is 0 Å². The minimum Gasteiger partial charge on any atom is -0.308 e. The van der Waals surface area contributed by atoms with Crippen molar-refractivity contribution < 1.29 is 0 Å². The summed E-state index contributed by atoms with van der Waals surface area (Å²) in [5, 5.41) is 12.5. The van der Waals surface area contributed by atoms with E-state index in [1.807, 2.05) is 6.20 Å². The summed E-state index contributed by atoms with van der Waals surface area (Å²) in [4.78, 5) is 4.97. The van der Waals surface area contributed by atoms with Crippen LogP contribution in [-0.4, -0.2) is 18.5 Å². The molecule has 0 aliphatic heterocycles. The van der Waals surface area contributed by atoms with Crippen LogP contribution in [0.15, 0.2) is 158 Å². The van der Waals surface area contributed by atoms with Crippen LogP contribution in [0.4, 0.5) is 0 Å². The fourth-order valence-corrected chi connectivity index (χ4v) is 8.88. The molecule has 0 N–H and O–H groups in total. The Labute approximate surface area is 279 Å². The Kier molecular flexibility index (Phi) is 4.69. The molecule has 0 amide bonds. The first-order chi connectivity index (χ1) is 24.3. The van der Waals surface area contributed by atoms with Gasteiger partial charge in [0, 0.05) is 48.8 Å². The summed E-state index contributed by atoms with van der Waals surface area (Å²) in [5.41, 5.74) is 10.6. The van der Waals surface area contributed by atoms with E-state index in [1.165, 1.54) is 87.0 Å². The molecule has 49 heavy (non-hydrogen) atoms. The van der Waals surface area contributed by atoms with E-state index >= 15 is 0 Å². The lowest BCUT2D eigenvalue weighted by molar-refractivity contribution is 1.14. The number of nitrogens with zero attached hydrogens (tertiary/aromatic N) is 4. The topological polar surface area (TPSA) is 27.2 Å². The van der Waals surface area contributed by atoms with Gasteiger partial charge in [0.2, 0.25) is 0 Å². The number of rotatable bonds is 2. The molecule has 0 saturated carbocycles. The smallest absolute Gasteiger partial charge is 0.0745 e. The van der Waals surface area contributed by atoms with Gasteiger partial charge in [-0.05, 0) is 59.3 Å². The van der Waals surface area contributed by atoms with E-state index in [-0.39, 0.29) is 0 Å². The van der Waals surface area contributed by atoms with Crippen LogP contribution in [0.5, 0.6) is 0 Å². The molecule has 12 rings (SSSR count). The Morgan fingerprint density at radius 1 is 0.367 bits per heavy atom. The summed E-state index contributed by atoms with van der Waals surface area (Å²) < 4.78 is 7.33. The number of aromatic nitrogens is 4. The van der Waals surface area contributed by atoms with Crippen molar-refractivity contribution in [2.45, 2.75) is 0 Å². The molecule has 12 aromatic rings. The molecule has 0 aliphatic rings. The number of fused-ring (bicyclic) bond motifs is 14. The van der Waals surface area contributed by atoms with Gasteiger partial charge in [0.25, 0.3) is 0 Å². The lowest BCUT2D eigenvalue weighted by Crippen LogP contribution is -1.98. The number of hydrogen-bond donors (Lipinski definition) is 0. The maximum absolute atomic E-state index is 4.97. The summed E-state index contributed by atoms with van der Waals surface area (Å²) in [6, 6.07) is 53.1. The van der Waals surface area contributed by atoms with Crippen LogP contribution in [0.25, 0.3) is 104 Å². The van der Waals surface area contributed by atoms with E-state index in [2.05, 4.69) is 165 Å². The Morgan fingerprint density at radius 2 is 1.00 bits per heavy atom. The SMILES string of the molecule is c1ccc(-n2c3ccccc3c3c(-n4c5cc6ccccc6cc5c5c6c7ccccc7n7c8ccccc8c(cc54)c67)cncc32)cc1. The zero-order valence-corrected chi connectivity index (χ0v) is 26.3. The van der Waals surface area contributed by atoms with Gasteiger partial charge in [-0.3, -0.25) is 4.98 Å². The highest BCUT2D eigenvalue weighted by Gasteiger charge is 2.26. The molecule has 226 valence electrons. The van der Waals surface area contributed by atoms with Crippen LogP contribution in [-0.2, 0) is 0 Å². The van der Waals surface area contributed by atoms with Crippen molar-refractivity contribution in [1.82, 2.24) is 18.5 Å². The molecule has 0 fully saturated rings. The van der Waals surface area contributed by atoms with Crippen LogP contribution in [0.1, 0.15) is 0 Å². The zero-order valence-electron chi connectivity index (χ0n) is 26.3. The lowest BCUT2D eigenvalue weighted by Gasteiger charge is -2.11. The Bertz CT molecular complexity index is 3320. The molecule has 7 aromatic carbocycles. The fourth-order valence-electron chi connectivity index (χ4n) is 8.88. The van der Waals surface area contributed by atoms with Crippen molar-refractivity contribution in [3.05, 3.63) is 158 Å². The third-order valence-electron chi connectivity index (χ3n) is 10.8. The first kappa shape index (κ1) is 25.4. The average molecular weight is 623 g/mol. The third-order valence-corrected chi connectivity index (χ3v) is 10.8. The van der Waals surface area contributed by atoms with Gasteiger partial charge in [0.15, 0.2) is 0 Å².